The predicted octanol–water partition coefficient (Wildman–Crippen LogP) is 4.33. The van der Waals surface area contributed by atoms with Crippen LogP contribution in [-0.2, 0) is 4.57 Å². The van der Waals surface area contributed by atoms with Gasteiger partial charge in [0.15, 0.2) is 0 Å². The van der Waals surface area contributed by atoms with Crippen molar-refractivity contribution in [2.75, 3.05) is 0 Å². The van der Waals surface area contributed by atoms with Gasteiger partial charge >= 0.3 is 0 Å². The molecule has 1 atom stereocenters. The van der Waals surface area contributed by atoms with Gasteiger partial charge in [-0.3, -0.25) is 4.57 Å². The fourth-order valence-corrected chi connectivity index (χ4v) is 5.27. The van der Waals surface area contributed by atoms with Gasteiger partial charge < -0.3 is 0 Å². The van der Waals surface area contributed by atoms with Crippen molar-refractivity contribution in [3.05, 3.63) is 109 Å². The van der Waals surface area contributed by atoms with Crippen LogP contribution in [-0.4, -0.2) is 0 Å². The van der Waals surface area contributed by atoms with Gasteiger partial charge in [-0.2, -0.15) is 5.26 Å². The molecule has 3 nitrogen and oxygen atoms in total. The van der Waals surface area contributed by atoms with Gasteiger partial charge in [-0.05, 0) is 29.8 Å². The highest BCUT2D eigenvalue weighted by Gasteiger charge is 2.31. The van der Waals surface area contributed by atoms with Crippen LogP contribution >= 0.6 is 7.29 Å². The molecular formula is C22H19N2OP. The molecule has 0 fully saturated rings. The molecule has 0 heterocycles. The minimum Gasteiger partial charge on any atom is -0.296 e. The van der Waals surface area contributed by atoms with Crippen molar-refractivity contribution in [3.8, 4) is 6.07 Å². The number of nitrogens with zero attached hydrogens (tertiary/aromatic N) is 1. The van der Waals surface area contributed by atoms with Crippen molar-refractivity contribution in [1.29, 1.82) is 5.26 Å². The van der Waals surface area contributed by atoms with Gasteiger partial charge in [0, 0.05) is 16.2 Å². The third-order valence-electron chi connectivity index (χ3n) is 4.18. The number of nitrogens with one attached hydrogen (secondary N) is 1. The van der Waals surface area contributed by atoms with Gasteiger partial charge in [0.2, 0.25) is 7.29 Å². The first-order valence-electron chi connectivity index (χ1n) is 8.28. The highest BCUT2D eigenvalue weighted by molar-refractivity contribution is 7.76. The molecule has 0 aliphatic rings. The zero-order valence-electron chi connectivity index (χ0n) is 14.2. The van der Waals surface area contributed by atoms with Gasteiger partial charge in [0.05, 0.1) is 12.1 Å². The molecule has 4 heteroatoms. The molecule has 0 radical (unpaired) electrons. The lowest BCUT2D eigenvalue weighted by molar-refractivity contribution is 0.572. The van der Waals surface area contributed by atoms with Crippen LogP contribution in [0.1, 0.15) is 11.6 Å². The van der Waals surface area contributed by atoms with Crippen molar-refractivity contribution in [2.45, 2.75) is 6.04 Å². The molecular weight excluding hydrogens is 339 g/mol. The SMILES string of the molecule is C=C(C#N)C(NP(=O)(c1ccccc1)c1ccccc1)c1ccccc1. The van der Waals surface area contributed by atoms with Gasteiger partial charge in [-0.15, -0.1) is 0 Å². The van der Waals surface area contributed by atoms with E-state index >= 15 is 0 Å². The molecule has 0 spiro atoms. The van der Waals surface area contributed by atoms with Gasteiger partial charge in [-0.25, -0.2) is 5.09 Å². The molecule has 0 saturated heterocycles. The number of nitriles is 1. The smallest absolute Gasteiger partial charge is 0.205 e. The molecule has 128 valence electrons. The van der Waals surface area contributed by atoms with Crippen molar-refractivity contribution in [1.82, 2.24) is 5.09 Å². The summed E-state index contributed by atoms with van der Waals surface area (Å²) in [6, 6.07) is 29.7. The van der Waals surface area contributed by atoms with Crippen LogP contribution in [0.25, 0.3) is 0 Å². The Labute approximate surface area is 154 Å². The summed E-state index contributed by atoms with van der Waals surface area (Å²) in [7, 11) is -3.17. The van der Waals surface area contributed by atoms with Crippen molar-refractivity contribution >= 4 is 17.9 Å². The Hall–Kier alpha value is -2.92. The Balaban J connectivity index is 2.12. The van der Waals surface area contributed by atoms with Crippen molar-refractivity contribution in [2.24, 2.45) is 0 Å². The van der Waals surface area contributed by atoms with E-state index in [-0.39, 0.29) is 0 Å². The molecule has 3 rings (SSSR count). The van der Waals surface area contributed by atoms with Crippen LogP contribution in [0.3, 0.4) is 0 Å². The fourth-order valence-electron chi connectivity index (χ4n) is 2.82. The molecule has 0 aliphatic heterocycles. The first kappa shape index (κ1) is 17.9. The van der Waals surface area contributed by atoms with E-state index < -0.39 is 13.3 Å². The molecule has 0 aliphatic carbocycles. The second-order valence-electron chi connectivity index (χ2n) is 5.89. The summed E-state index contributed by atoms with van der Waals surface area (Å²) in [4.78, 5) is 0. The van der Waals surface area contributed by atoms with Crippen molar-refractivity contribution < 1.29 is 4.57 Å². The van der Waals surface area contributed by atoms with Gasteiger partial charge in [0.25, 0.3) is 0 Å². The Morgan fingerprint density at radius 1 is 0.846 bits per heavy atom. The van der Waals surface area contributed by atoms with Crippen LogP contribution in [0.4, 0.5) is 0 Å². The minimum absolute atomic E-state index is 0.322. The second-order valence-corrected chi connectivity index (χ2v) is 8.40. The topological polar surface area (TPSA) is 52.9 Å². The van der Waals surface area contributed by atoms with E-state index in [0.717, 1.165) is 5.56 Å². The van der Waals surface area contributed by atoms with E-state index in [4.69, 9.17) is 0 Å². The van der Waals surface area contributed by atoms with Gasteiger partial charge in [0.1, 0.15) is 0 Å². The molecule has 0 saturated carbocycles. The third-order valence-corrected chi connectivity index (χ3v) is 6.85. The average Bonchev–Trinajstić information content (AvgIpc) is 2.73. The third kappa shape index (κ3) is 3.68. The van der Waals surface area contributed by atoms with E-state index in [2.05, 4.69) is 17.7 Å². The van der Waals surface area contributed by atoms with Crippen molar-refractivity contribution in [3.63, 3.8) is 0 Å². The van der Waals surface area contributed by atoms with Crippen LogP contribution in [0.5, 0.6) is 0 Å². The summed E-state index contributed by atoms with van der Waals surface area (Å²) in [6.07, 6.45) is 0. The summed E-state index contributed by atoms with van der Waals surface area (Å²) >= 11 is 0. The number of hydrogen-bond acceptors (Lipinski definition) is 2. The van der Waals surface area contributed by atoms with Crippen LogP contribution in [0.2, 0.25) is 0 Å². The fraction of sp³-hybridized carbons (Fsp3) is 0.0455. The lowest BCUT2D eigenvalue weighted by Crippen LogP contribution is -2.31. The van der Waals surface area contributed by atoms with E-state index in [1.165, 1.54) is 0 Å². The second kappa shape index (κ2) is 7.97. The maximum atomic E-state index is 14.2. The Morgan fingerprint density at radius 2 is 1.27 bits per heavy atom. The maximum Gasteiger partial charge on any atom is 0.205 e. The number of hydrogen-bond donors (Lipinski definition) is 1. The zero-order chi connectivity index (χ0) is 18.4. The van der Waals surface area contributed by atoms with E-state index in [0.29, 0.717) is 16.2 Å². The summed E-state index contributed by atoms with van der Waals surface area (Å²) in [5.41, 5.74) is 1.18. The molecule has 0 amide bonds. The molecule has 1 unspecified atom stereocenters. The molecule has 0 aromatic heterocycles. The summed E-state index contributed by atoms with van der Waals surface area (Å²) in [5.74, 6) is 0. The molecule has 1 N–H and O–H groups in total. The highest BCUT2D eigenvalue weighted by Crippen LogP contribution is 2.43. The Bertz CT molecular complexity index is 920. The quantitative estimate of drug-likeness (QED) is 0.527. The largest absolute Gasteiger partial charge is 0.296 e. The molecule has 0 bridgehead atoms. The Morgan fingerprint density at radius 3 is 1.69 bits per heavy atom. The first-order valence-corrected chi connectivity index (χ1v) is 9.99. The van der Waals surface area contributed by atoms with Crippen LogP contribution in [0.15, 0.2) is 103 Å². The summed E-state index contributed by atoms with van der Waals surface area (Å²) in [6.45, 7) is 3.88. The average molecular weight is 358 g/mol. The molecule has 26 heavy (non-hydrogen) atoms. The first-order chi connectivity index (χ1) is 12.6. The standard InChI is InChI=1S/C22H19N2OP/c1-18(17-23)22(19-11-5-2-6-12-19)24-26(25,20-13-7-3-8-14-20)21-15-9-4-10-16-21/h2-16,22H,1H2,(H,24,25). The normalized spacial score (nSPS) is 12.1. The number of benzene rings is 3. The minimum atomic E-state index is -3.17. The lowest BCUT2D eigenvalue weighted by atomic mass is 10.0. The van der Waals surface area contributed by atoms with Crippen LogP contribution in [0, 0.1) is 11.3 Å². The monoisotopic (exact) mass is 358 g/mol. The summed E-state index contributed by atoms with van der Waals surface area (Å²) in [5, 5.41) is 14.1. The van der Waals surface area contributed by atoms with Gasteiger partial charge in [-0.1, -0.05) is 73.3 Å². The number of rotatable bonds is 6. The predicted molar refractivity (Wildman–Crippen MR) is 107 cm³/mol. The molecule has 3 aromatic carbocycles. The zero-order valence-corrected chi connectivity index (χ0v) is 15.1. The summed E-state index contributed by atoms with van der Waals surface area (Å²) < 4.78 is 14.2. The highest BCUT2D eigenvalue weighted by atomic mass is 31.2. The van der Waals surface area contributed by atoms with Crippen LogP contribution < -0.4 is 15.7 Å². The lowest BCUT2D eigenvalue weighted by Gasteiger charge is -2.27. The molecule has 3 aromatic rings. The Kier molecular flexibility index (Phi) is 5.49. The maximum absolute atomic E-state index is 14.2. The van der Waals surface area contributed by atoms with E-state index in [1.807, 2.05) is 91.0 Å². The van der Waals surface area contributed by atoms with E-state index in [9.17, 15) is 9.83 Å². The van der Waals surface area contributed by atoms with E-state index in [1.54, 1.807) is 0 Å².